The lowest BCUT2D eigenvalue weighted by atomic mass is 9.75. The van der Waals surface area contributed by atoms with E-state index in [1.807, 2.05) is 0 Å². The topological polar surface area (TPSA) is 35.2 Å². The van der Waals surface area contributed by atoms with Crippen molar-refractivity contribution in [3.63, 3.8) is 0 Å². The monoisotopic (exact) mass is 251 g/mol. The molecular formula is C12H20F3NO. The van der Waals surface area contributed by atoms with Gasteiger partial charge in [-0.05, 0) is 43.9 Å². The maximum absolute atomic E-state index is 12.5. The molecule has 1 aliphatic heterocycles. The minimum Gasteiger partial charge on any atom is -0.381 e. The van der Waals surface area contributed by atoms with Gasteiger partial charge in [0, 0.05) is 12.6 Å². The first kappa shape index (κ1) is 13.1. The summed E-state index contributed by atoms with van der Waals surface area (Å²) in [6.45, 7) is 1.43. The largest absolute Gasteiger partial charge is 0.391 e. The van der Waals surface area contributed by atoms with Crippen LogP contribution in [0.15, 0.2) is 0 Å². The third-order valence-electron chi connectivity index (χ3n) is 4.29. The molecule has 0 aromatic carbocycles. The molecule has 0 aromatic heterocycles. The van der Waals surface area contributed by atoms with Crippen molar-refractivity contribution in [2.75, 3.05) is 13.2 Å². The van der Waals surface area contributed by atoms with Crippen molar-refractivity contribution < 1.29 is 17.9 Å². The van der Waals surface area contributed by atoms with Crippen LogP contribution in [0.2, 0.25) is 0 Å². The molecule has 1 saturated heterocycles. The molecule has 2 fully saturated rings. The van der Waals surface area contributed by atoms with Gasteiger partial charge < -0.3 is 10.5 Å². The van der Waals surface area contributed by atoms with Crippen molar-refractivity contribution in [2.45, 2.75) is 44.3 Å². The molecule has 2 unspecified atom stereocenters. The molecule has 1 saturated carbocycles. The summed E-state index contributed by atoms with van der Waals surface area (Å²) in [6.07, 6.45) is -1.35. The number of nitrogens with two attached hydrogens (primary N) is 1. The molecule has 2 aliphatic rings. The van der Waals surface area contributed by atoms with Gasteiger partial charge in [0.05, 0.1) is 12.5 Å². The molecule has 2 atom stereocenters. The lowest BCUT2D eigenvalue weighted by molar-refractivity contribution is -0.184. The van der Waals surface area contributed by atoms with Crippen LogP contribution in [-0.2, 0) is 4.74 Å². The summed E-state index contributed by atoms with van der Waals surface area (Å²) in [4.78, 5) is 0. The van der Waals surface area contributed by atoms with Crippen molar-refractivity contribution in [1.29, 1.82) is 0 Å². The lowest BCUT2D eigenvalue weighted by Gasteiger charge is -2.35. The lowest BCUT2D eigenvalue weighted by Crippen LogP contribution is -2.41. The first-order chi connectivity index (χ1) is 7.98. The predicted molar refractivity (Wildman–Crippen MR) is 58.4 cm³/mol. The van der Waals surface area contributed by atoms with Gasteiger partial charge in [-0.25, -0.2) is 0 Å². The smallest absolute Gasteiger partial charge is 0.381 e. The summed E-state index contributed by atoms with van der Waals surface area (Å²) in [6, 6.07) is 0.0201. The fourth-order valence-corrected chi connectivity index (χ4v) is 3.07. The Kier molecular flexibility index (Phi) is 3.98. The van der Waals surface area contributed by atoms with E-state index in [1.165, 1.54) is 0 Å². The highest BCUT2D eigenvalue weighted by Gasteiger charge is 2.43. The van der Waals surface area contributed by atoms with Crippen molar-refractivity contribution in [3.05, 3.63) is 0 Å². The number of ether oxygens (including phenoxy) is 1. The minimum atomic E-state index is -4.02. The molecule has 17 heavy (non-hydrogen) atoms. The quantitative estimate of drug-likeness (QED) is 0.819. The van der Waals surface area contributed by atoms with Gasteiger partial charge in [-0.3, -0.25) is 0 Å². The van der Waals surface area contributed by atoms with Crippen LogP contribution in [0.4, 0.5) is 13.2 Å². The summed E-state index contributed by atoms with van der Waals surface area (Å²) in [5, 5.41) is 0. The van der Waals surface area contributed by atoms with Crippen molar-refractivity contribution in [2.24, 2.45) is 23.5 Å². The van der Waals surface area contributed by atoms with E-state index in [0.29, 0.717) is 25.4 Å². The van der Waals surface area contributed by atoms with Gasteiger partial charge in [0.2, 0.25) is 0 Å². The van der Waals surface area contributed by atoms with Crippen LogP contribution in [0.25, 0.3) is 0 Å². The molecule has 2 rings (SSSR count). The van der Waals surface area contributed by atoms with Crippen LogP contribution in [0, 0.1) is 17.8 Å². The van der Waals surface area contributed by atoms with E-state index in [9.17, 15) is 13.2 Å². The fraction of sp³-hybridized carbons (Fsp3) is 1.00. The van der Waals surface area contributed by atoms with Crippen LogP contribution < -0.4 is 5.73 Å². The van der Waals surface area contributed by atoms with Gasteiger partial charge in [-0.1, -0.05) is 0 Å². The third-order valence-corrected chi connectivity index (χ3v) is 4.29. The standard InChI is InChI=1S/C12H20F3NO/c13-12(14,15)10-3-1-8(2-4-10)11(16)9-5-6-17-7-9/h8-11H,1-7,16H2. The fourth-order valence-electron chi connectivity index (χ4n) is 3.07. The molecule has 0 radical (unpaired) electrons. The van der Waals surface area contributed by atoms with Crippen molar-refractivity contribution in [1.82, 2.24) is 0 Å². The van der Waals surface area contributed by atoms with E-state index in [2.05, 4.69) is 0 Å². The number of alkyl halides is 3. The van der Waals surface area contributed by atoms with E-state index >= 15 is 0 Å². The average molecular weight is 251 g/mol. The zero-order chi connectivity index (χ0) is 12.5. The highest BCUT2D eigenvalue weighted by Crippen LogP contribution is 2.41. The zero-order valence-corrected chi connectivity index (χ0v) is 9.88. The maximum Gasteiger partial charge on any atom is 0.391 e. The summed E-state index contributed by atoms with van der Waals surface area (Å²) in [5.41, 5.74) is 6.15. The number of halogens is 3. The second-order valence-corrected chi connectivity index (χ2v) is 5.35. The zero-order valence-electron chi connectivity index (χ0n) is 9.88. The molecule has 0 bridgehead atoms. The van der Waals surface area contributed by atoms with Gasteiger partial charge in [0.1, 0.15) is 0 Å². The van der Waals surface area contributed by atoms with Crippen LogP contribution in [0.1, 0.15) is 32.1 Å². The predicted octanol–water partition coefficient (Wildman–Crippen LogP) is 2.72. The minimum absolute atomic E-state index is 0.0201. The summed E-state index contributed by atoms with van der Waals surface area (Å²) >= 11 is 0. The molecule has 1 aliphatic carbocycles. The second kappa shape index (κ2) is 5.14. The normalized spacial score (nSPS) is 37.1. The van der Waals surface area contributed by atoms with E-state index < -0.39 is 12.1 Å². The first-order valence-electron chi connectivity index (χ1n) is 6.38. The average Bonchev–Trinajstić information content (AvgIpc) is 2.80. The Hall–Kier alpha value is -0.290. The third kappa shape index (κ3) is 3.13. The highest BCUT2D eigenvalue weighted by molar-refractivity contribution is 4.87. The number of hydrogen-bond donors (Lipinski definition) is 1. The molecular weight excluding hydrogens is 231 g/mol. The van der Waals surface area contributed by atoms with Crippen molar-refractivity contribution >= 4 is 0 Å². The van der Waals surface area contributed by atoms with Crippen LogP contribution in [0.3, 0.4) is 0 Å². The molecule has 5 heteroatoms. The molecule has 0 aromatic rings. The van der Waals surface area contributed by atoms with E-state index in [1.54, 1.807) is 0 Å². The Balaban J connectivity index is 1.82. The summed E-state index contributed by atoms with van der Waals surface area (Å²) < 4.78 is 42.8. The van der Waals surface area contributed by atoms with Crippen molar-refractivity contribution in [3.8, 4) is 0 Å². The highest BCUT2D eigenvalue weighted by atomic mass is 19.4. The Morgan fingerprint density at radius 1 is 1.00 bits per heavy atom. The molecule has 0 spiro atoms. The summed E-state index contributed by atoms with van der Waals surface area (Å²) in [7, 11) is 0. The van der Waals surface area contributed by atoms with Gasteiger partial charge in [0.25, 0.3) is 0 Å². The van der Waals surface area contributed by atoms with E-state index in [4.69, 9.17) is 10.5 Å². The van der Waals surface area contributed by atoms with E-state index in [0.717, 1.165) is 13.0 Å². The van der Waals surface area contributed by atoms with Crippen LogP contribution in [0.5, 0.6) is 0 Å². The Labute approximate surface area is 99.7 Å². The Morgan fingerprint density at radius 2 is 1.65 bits per heavy atom. The second-order valence-electron chi connectivity index (χ2n) is 5.35. The molecule has 0 amide bonds. The number of rotatable bonds is 2. The van der Waals surface area contributed by atoms with Gasteiger partial charge in [-0.15, -0.1) is 0 Å². The molecule has 2 N–H and O–H groups in total. The molecule has 2 nitrogen and oxygen atoms in total. The van der Waals surface area contributed by atoms with Gasteiger partial charge in [0.15, 0.2) is 0 Å². The molecule has 100 valence electrons. The Morgan fingerprint density at radius 3 is 2.12 bits per heavy atom. The summed E-state index contributed by atoms with van der Waals surface area (Å²) in [5.74, 6) is -0.506. The van der Waals surface area contributed by atoms with Gasteiger partial charge >= 0.3 is 6.18 Å². The van der Waals surface area contributed by atoms with E-state index in [-0.39, 0.29) is 24.8 Å². The van der Waals surface area contributed by atoms with Crippen LogP contribution in [-0.4, -0.2) is 25.4 Å². The molecule has 1 heterocycles. The maximum atomic E-state index is 12.5. The number of hydrogen-bond acceptors (Lipinski definition) is 2. The first-order valence-corrected chi connectivity index (χ1v) is 6.38. The van der Waals surface area contributed by atoms with Crippen LogP contribution >= 0.6 is 0 Å². The SMILES string of the molecule is NC(C1CCC(C(F)(F)F)CC1)C1CCOC1. The Bertz CT molecular complexity index is 243. The van der Waals surface area contributed by atoms with Gasteiger partial charge in [-0.2, -0.15) is 13.2 Å².